The van der Waals surface area contributed by atoms with Crippen LogP contribution in [0.25, 0.3) is 0 Å². The average molecular weight is 223 g/mol. The van der Waals surface area contributed by atoms with Crippen molar-refractivity contribution in [2.24, 2.45) is 5.84 Å². The molecule has 0 atom stereocenters. The molecule has 1 fully saturated rings. The smallest absolute Gasteiger partial charge is 0.239 e. The molecule has 0 aliphatic heterocycles. The lowest BCUT2D eigenvalue weighted by Crippen LogP contribution is -2.43. The number of nitrogen functional groups attached to an aromatic ring is 1. The first-order valence-corrected chi connectivity index (χ1v) is 5.39. The van der Waals surface area contributed by atoms with Gasteiger partial charge in [-0.05, 0) is 26.2 Å². The van der Waals surface area contributed by atoms with Gasteiger partial charge in [0.05, 0.1) is 5.60 Å². The minimum absolute atomic E-state index is 0.369. The second-order valence-corrected chi connectivity index (χ2v) is 4.30. The number of nitrogens with one attached hydrogen (secondary N) is 2. The second-order valence-electron chi connectivity index (χ2n) is 4.30. The topological polar surface area (TPSA) is 96.1 Å². The molecule has 1 aliphatic carbocycles. The Balaban J connectivity index is 2.02. The number of hydrogen-bond donors (Lipinski definition) is 4. The molecule has 6 nitrogen and oxygen atoms in total. The quantitative estimate of drug-likeness (QED) is 0.436. The summed E-state index contributed by atoms with van der Waals surface area (Å²) in [6.45, 7) is 2.43. The molecule has 0 unspecified atom stereocenters. The molecule has 0 aromatic carbocycles. The Morgan fingerprint density at radius 2 is 2.31 bits per heavy atom. The Labute approximate surface area is 94.3 Å². The van der Waals surface area contributed by atoms with Gasteiger partial charge in [0.2, 0.25) is 5.95 Å². The van der Waals surface area contributed by atoms with E-state index in [1.54, 1.807) is 6.20 Å². The van der Waals surface area contributed by atoms with Crippen molar-refractivity contribution in [3.63, 3.8) is 0 Å². The first-order chi connectivity index (χ1) is 7.63. The minimum Gasteiger partial charge on any atom is -0.388 e. The Bertz CT molecular complexity index is 377. The van der Waals surface area contributed by atoms with E-state index in [4.69, 9.17) is 5.84 Å². The molecular weight excluding hydrogens is 206 g/mol. The lowest BCUT2D eigenvalue weighted by molar-refractivity contribution is -0.0202. The largest absolute Gasteiger partial charge is 0.388 e. The van der Waals surface area contributed by atoms with Gasteiger partial charge in [-0.25, -0.2) is 10.8 Å². The number of aliphatic hydroxyl groups is 1. The van der Waals surface area contributed by atoms with Gasteiger partial charge in [0.15, 0.2) is 0 Å². The maximum Gasteiger partial charge on any atom is 0.239 e. The second kappa shape index (κ2) is 4.23. The number of aromatic nitrogens is 2. The summed E-state index contributed by atoms with van der Waals surface area (Å²) in [4.78, 5) is 8.17. The lowest BCUT2D eigenvalue weighted by atomic mass is 9.80. The van der Waals surface area contributed by atoms with E-state index >= 15 is 0 Å². The van der Waals surface area contributed by atoms with Gasteiger partial charge in [0.1, 0.15) is 5.82 Å². The first-order valence-electron chi connectivity index (χ1n) is 5.39. The molecule has 1 heterocycles. The fourth-order valence-corrected chi connectivity index (χ4v) is 1.70. The predicted octanol–water partition coefficient (Wildman–Crippen LogP) is 0.398. The number of rotatable bonds is 4. The van der Waals surface area contributed by atoms with Gasteiger partial charge >= 0.3 is 0 Å². The Hall–Kier alpha value is -1.40. The third kappa shape index (κ3) is 2.23. The number of aryl methyl sites for hydroxylation is 1. The Morgan fingerprint density at radius 3 is 2.88 bits per heavy atom. The summed E-state index contributed by atoms with van der Waals surface area (Å²) >= 11 is 0. The molecule has 1 saturated carbocycles. The van der Waals surface area contributed by atoms with Gasteiger partial charge < -0.3 is 10.4 Å². The van der Waals surface area contributed by atoms with Crippen molar-refractivity contribution in [3.05, 3.63) is 11.8 Å². The van der Waals surface area contributed by atoms with Crippen LogP contribution in [-0.4, -0.2) is 27.2 Å². The average Bonchev–Trinajstić information content (AvgIpc) is 2.25. The zero-order valence-corrected chi connectivity index (χ0v) is 9.32. The highest BCUT2D eigenvalue weighted by molar-refractivity contribution is 5.46. The van der Waals surface area contributed by atoms with Gasteiger partial charge in [0.25, 0.3) is 0 Å². The standard InChI is InChI=1S/C10H17N5O/c1-7-5-12-9(15-11)14-8(7)13-6-10(16)3-2-4-10/h5,16H,2-4,6,11H2,1H3,(H2,12,13,14,15). The highest BCUT2D eigenvalue weighted by Crippen LogP contribution is 2.31. The van der Waals surface area contributed by atoms with E-state index in [1.165, 1.54) is 0 Å². The molecular formula is C10H17N5O. The SMILES string of the molecule is Cc1cnc(NN)nc1NCC1(O)CCC1. The third-order valence-electron chi connectivity index (χ3n) is 2.97. The van der Waals surface area contributed by atoms with E-state index in [-0.39, 0.29) is 0 Å². The molecule has 1 aromatic rings. The minimum atomic E-state index is -0.562. The number of nitrogens with zero attached hydrogens (tertiary/aromatic N) is 2. The third-order valence-corrected chi connectivity index (χ3v) is 2.97. The maximum atomic E-state index is 9.94. The van der Waals surface area contributed by atoms with Crippen molar-refractivity contribution in [2.75, 3.05) is 17.3 Å². The molecule has 0 radical (unpaired) electrons. The van der Waals surface area contributed by atoms with Crippen molar-refractivity contribution in [3.8, 4) is 0 Å². The first kappa shape index (κ1) is 11.1. The van der Waals surface area contributed by atoms with Crippen LogP contribution >= 0.6 is 0 Å². The molecule has 88 valence electrons. The van der Waals surface area contributed by atoms with Crippen LogP contribution in [0.4, 0.5) is 11.8 Å². The fraction of sp³-hybridized carbons (Fsp3) is 0.600. The zero-order chi connectivity index (χ0) is 11.6. The molecule has 2 rings (SSSR count). The zero-order valence-electron chi connectivity index (χ0n) is 9.32. The summed E-state index contributed by atoms with van der Waals surface area (Å²) in [5, 5.41) is 13.1. The molecule has 1 aliphatic rings. The van der Waals surface area contributed by atoms with Crippen molar-refractivity contribution in [2.45, 2.75) is 31.8 Å². The molecule has 1 aromatic heterocycles. The van der Waals surface area contributed by atoms with Crippen LogP contribution in [-0.2, 0) is 0 Å². The number of nitrogens with two attached hydrogens (primary N) is 1. The van der Waals surface area contributed by atoms with Crippen LogP contribution < -0.4 is 16.6 Å². The molecule has 16 heavy (non-hydrogen) atoms. The van der Waals surface area contributed by atoms with Crippen LogP contribution in [0.15, 0.2) is 6.20 Å². The number of anilines is 2. The normalized spacial score (nSPS) is 17.7. The van der Waals surface area contributed by atoms with E-state index < -0.39 is 5.60 Å². The predicted molar refractivity (Wildman–Crippen MR) is 61.9 cm³/mol. The highest BCUT2D eigenvalue weighted by Gasteiger charge is 2.34. The van der Waals surface area contributed by atoms with Gasteiger partial charge in [0, 0.05) is 18.3 Å². The number of hydrogen-bond acceptors (Lipinski definition) is 6. The van der Waals surface area contributed by atoms with Gasteiger partial charge in [-0.2, -0.15) is 4.98 Å². The molecule has 5 N–H and O–H groups in total. The van der Waals surface area contributed by atoms with Crippen LogP contribution in [0.3, 0.4) is 0 Å². The van der Waals surface area contributed by atoms with Crippen molar-refractivity contribution in [1.82, 2.24) is 9.97 Å². The van der Waals surface area contributed by atoms with Crippen molar-refractivity contribution < 1.29 is 5.11 Å². The summed E-state index contributed by atoms with van der Waals surface area (Å²) in [7, 11) is 0. The van der Waals surface area contributed by atoms with Gasteiger partial charge in [-0.15, -0.1) is 0 Å². The Morgan fingerprint density at radius 1 is 1.56 bits per heavy atom. The van der Waals surface area contributed by atoms with E-state index in [1.807, 2.05) is 6.92 Å². The van der Waals surface area contributed by atoms with E-state index in [0.29, 0.717) is 18.3 Å². The van der Waals surface area contributed by atoms with Crippen LogP contribution in [0, 0.1) is 6.92 Å². The van der Waals surface area contributed by atoms with Crippen LogP contribution in [0.5, 0.6) is 0 Å². The summed E-state index contributed by atoms with van der Waals surface area (Å²) in [5.74, 6) is 6.32. The summed E-state index contributed by atoms with van der Waals surface area (Å²) in [5.41, 5.74) is 2.77. The number of hydrazine groups is 1. The van der Waals surface area contributed by atoms with Crippen LogP contribution in [0.1, 0.15) is 24.8 Å². The monoisotopic (exact) mass is 223 g/mol. The lowest BCUT2D eigenvalue weighted by Gasteiger charge is -2.36. The summed E-state index contributed by atoms with van der Waals surface area (Å²) < 4.78 is 0. The maximum absolute atomic E-state index is 9.94. The van der Waals surface area contributed by atoms with Crippen molar-refractivity contribution >= 4 is 11.8 Å². The molecule has 0 saturated heterocycles. The molecule has 0 spiro atoms. The molecule has 6 heteroatoms. The summed E-state index contributed by atoms with van der Waals surface area (Å²) in [6, 6.07) is 0. The van der Waals surface area contributed by atoms with E-state index in [2.05, 4.69) is 20.7 Å². The van der Waals surface area contributed by atoms with Crippen LogP contribution in [0.2, 0.25) is 0 Å². The molecule has 0 amide bonds. The highest BCUT2D eigenvalue weighted by atomic mass is 16.3. The van der Waals surface area contributed by atoms with Gasteiger partial charge in [-0.3, -0.25) is 5.43 Å². The van der Waals surface area contributed by atoms with Crippen molar-refractivity contribution in [1.29, 1.82) is 0 Å². The summed E-state index contributed by atoms with van der Waals surface area (Å²) in [6.07, 6.45) is 4.49. The molecule has 0 bridgehead atoms. The Kier molecular flexibility index (Phi) is 2.93. The van der Waals surface area contributed by atoms with E-state index in [9.17, 15) is 5.11 Å². The fourth-order valence-electron chi connectivity index (χ4n) is 1.70. The van der Waals surface area contributed by atoms with Gasteiger partial charge in [-0.1, -0.05) is 0 Å². The van der Waals surface area contributed by atoms with E-state index in [0.717, 1.165) is 24.8 Å².